The molecular weight excluding hydrogens is 206 g/mol. The van der Waals surface area contributed by atoms with E-state index in [1.54, 1.807) is 30.3 Å². The summed E-state index contributed by atoms with van der Waals surface area (Å²) in [6.07, 6.45) is 3.10. The summed E-state index contributed by atoms with van der Waals surface area (Å²) in [5, 5.41) is 8.57. The largest absolute Gasteiger partial charge is 0.392 e. The summed E-state index contributed by atoms with van der Waals surface area (Å²) in [7, 11) is 0. The van der Waals surface area contributed by atoms with Crippen molar-refractivity contribution < 1.29 is 14.7 Å². The highest BCUT2D eigenvalue weighted by Crippen LogP contribution is 2.21. The molecule has 1 aliphatic heterocycles. The van der Waals surface area contributed by atoms with Crippen LogP contribution in [0.4, 0.5) is 0 Å². The van der Waals surface area contributed by atoms with Gasteiger partial charge in [-0.15, -0.1) is 0 Å². The molecule has 1 aromatic carbocycles. The van der Waals surface area contributed by atoms with Crippen LogP contribution in [0.5, 0.6) is 0 Å². The van der Waals surface area contributed by atoms with Gasteiger partial charge in [-0.05, 0) is 12.1 Å². The number of hydrogen-bond donors (Lipinski definition) is 1. The fraction of sp³-hybridized carbons (Fsp3) is 0.167. The van der Waals surface area contributed by atoms with Crippen molar-refractivity contribution in [3.8, 4) is 0 Å². The maximum atomic E-state index is 11.8. The first-order chi connectivity index (χ1) is 7.75. The second kappa shape index (κ2) is 4.28. The topological polar surface area (TPSA) is 57.6 Å². The van der Waals surface area contributed by atoms with Gasteiger partial charge in [-0.2, -0.15) is 0 Å². The number of aliphatic hydroxyl groups is 1. The van der Waals surface area contributed by atoms with E-state index in [4.69, 9.17) is 5.11 Å². The standard InChI is InChI=1S/C12H11NO3/c14-8-4-3-7-13-11(15)9-5-1-2-6-10(9)12(13)16/h1-6,14H,7-8H2/b4-3+. The van der Waals surface area contributed by atoms with Crippen molar-refractivity contribution in [2.45, 2.75) is 0 Å². The van der Waals surface area contributed by atoms with Gasteiger partial charge in [0.25, 0.3) is 11.8 Å². The Kier molecular flexibility index (Phi) is 2.83. The van der Waals surface area contributed by atoms with Gasteiger partial charge in [0, 0.05) is 6.54 Å². The minimum Gasteiger partial charge on any atom is -0.392 e. The number of carbonyl (C=O) groups excluding carboxylic acids is 2. The van der Waals surface area contributed by atoms with Gasteiger partial charge in [0.15, 0.2) is 0 Å². The summed E-state index contributed by atoms with van der Waals surface area (Å²) < 4.78 is 0. The van der Waals surface area contributed by atoms with Crippen molar-refractivity contribution in [1.82, 2.24) is 4.90 Å². The van der Waals surface area contributed by atoms with E-state index in [9.17, 15) is 9.59 Å². The third-order valence-corrected chi connectivity index (χ3v) is 2.44. The smallest absolute Gasteiger partial charge is 0.261 e. The van der Waals surface area contributed by atoms with E-state index in [1.165, 1.54) is 6.08 Å². The number of carbonyl (C=O) groups is 2. The van der Waals surface area contributed by atoms with Crippen LogP contribution in [-0.4, -0.2) is 35.0 Å². The zero-order valence-corrected chi connectivity index (χ0v) is 8.59. The van der Waals surface area contributed by atoms with E-state index in [2.05, 4.69) is 0 Å². The van der Waals surface area contributed by atoms with E-state index in [1.807, 2.05) is 0 Å². The molecule has 0 spiro atoms. The van der Waals surface area contributed by atoms with Crippen LogP contribution in [0.15, 0.2) is 36.4 Å². The Balaban J connectivity index is 2.25. The van der Waals surface area contributed by atoms with Crippen LogP contribution in [0.1, 0.15) is 20.7 Å². The summed E-state index contributed by atoms with van der Waals surface area (Å²) >= 11 is 0. The molecule has 0 unspecified atom stereocenters. The number of rotatable bonds is 3. The predicted molar refractivity (Wildman–Crippen MR) is 58.0 cm³/mol. The lowest BCUT2D eigenvalue weighted by Gasteiger charge is -2.09. The lowest BCUT2D eigenvalue weighted by molar-refractivity contribution is 0.0671. The maximum Gasteiger partial charge on any atom is 0.261 e. The van der Waals surface area contributed by atoms with Crippen LogP contribution in [0.2, 0.25) is 0 Å². The Bertz CT molecular complexity index is 430. The van der Waals surface area contributed by atoms with Crippen LogP contribution < -0.4 is 0 Å². The van der Waals surface area contributed by atoms with Crippen LogP contribution in [0.25, 0.3) is 0 Å². The monoisotopic (exact) mass is 217 g/mol. The first kappa shape index (κ1) is 10.6. The van der Waals surface area contributed by atoms with E-state index in [0.29, 0.717) is 11.1 Å². The minimum atomic E-state index is -0.275. The molecule has 4 nitrogen and oxygen atoms in total. The van der Waals surface area contributed by atoms with E-state index in [0.717, 1.165) is 4.90 Å². The van der Waals surface area contributed by atoms with Crippen molar-refractivity contribution in [3.63, 3.8) is 0 Å². The Morgan fingerprint density at radius 3 is 2.12 bits per heavy atom. The molecule has 2 rings (SSSR count). The molecule has 0 aliphatic carbocycles. The van der Waals surface area contributed by atoms with Gasteiger partial charge in [0.2, 0.25) is 0 Å². The number of nitrogens with zero attached hydrogens (tertiary/aromatic N) is 1. The number of fused-ring (bicyclic) bond motifs is 1. The summed E-state index contributed by atoms with van der Waals surface area (Å²) in [6, 6.07) is 6.75. The predicted octanol–water partition coefficient (Wildman–Crippen LogP) is 0.831. The van der Waals surface area contributed by atoms with Crippen LogP contribution >= 0.6 is 0 Å². The van der Waals surface area contributed by atoms with E-state index in [-0.39, 0.29) is 25.0 Å². The Hall–Kier alpha value is -1.94. The fourth-order valence-electron chi connectivity index (χ4n) is 1.66. The molecule has 1 N–H and O–H groups in total. The summed E-state index contributed by atoms with van der Waals surface area (Å²) in [6.45, 7) is 0.107. The van der Waals surface area contributed by atoms with Crippen LogP contribution in [0, 0.1) is 0 Å². The van der Waals surface area contributed by atoms with Gasteiger partial charge in [0.1, 0.15) is 0 Å². The lowest BCUT2D eigenvalue weighted by Crippen LogP contribution is -2.29. The first-order valence-corrected chi connectivity index (χ1v) is 4.97. The average Bonchev–Trinajstić information content (AvgIpc) is 2.55. The third-order valence-electron chi connectivity index (χ3n) is 2.44. The van der Waals surface area contributed by atoms with Crippen molar-refractivity contribution in [2.24, 2.45) is 0 Å². The molecule has 0 radical (unpaired) electrons. The highest BCUT2D eigenvalue weighted by atomic mass is 16.2. The molecule has 1 aromatic rings. The second-order valence-corrected chi connectivity index (χ2v) is 3.42. The fourth-order valence-corrected chi connectivity index (χ4v) is 1.66. The van der Waals surface area contributed by atoms with Crippen LogP contribution in [-0.2, 0) is 0 Å². The molecule has 2 amide bonds. The molecule has 1 heterocycles. The van der Waals surface area contributed by atoms with Crippen molar-refractivity contribution in [3.05, 3.63) is 47.5 Å². The van der Waals surface area contributed by atoms with Gasteiger partial charge in [0.05, 0.1) is 17.7 Å². The molecular formula is C12H11NO3. The van der Waals surface area contributed by atoms with Crippen molar-refractivity contribution >= 4 is 11.8 Å². The Labute approximate surface area is 92.8 Å². The normalized spacial score (nSPS) is 14.9. The van der Waals surface area contributed by atoms with Gasteiger partial charge in [-0.3, -0.25) is 14.5 Å². The average molecular weight is 217 g/mol. The zero-order valence-electron chi connectivity index (χ0n) is 8.59. The maximum absolute atomic E-state index is 11.8. The molecule has 4 heteroatoms. The zero-order chi connectivity index (χ0) is 11.5. The van der Waals surface area contributed by atoms with Gasteiger partial charge >= 0.3 is 0 Å². The molecule has 1 aliphatic rings. The molecule has 82 valence electrons. The molecule has 0 aromatic heterocycles. The number of benzene rings is 1. The Morgan fingerprint density at radius 1 is 1.06 bits per heavy atom. The molecule has 0 saturated heterocycles. The number of hydrogen-bond acceptors (Lipinski definition) is 3. The van der Waals surface area contributed by atoms with Gasteiger partial charge in [-0.1, -0.05) is 24.3 Å². The SMILES string of the molecule is O=C1c2ccccc2C(=O)N1C/C=C/CO. The van der Waals surface area contributed by atoms with Crippen molar-refractivity contribution in [2.75, 3.05) is 13.2 Å². The number of aliphatic hydroxyl groups excluding tert-OH is 1. The van der Waals surface area contributed by atoms with E-state index < -0.39 is 0 Å². The van der Waals surface area contributed by atoms with Gasteiger partial charge < -0.3 is 5.11 Å². The summed E-state index contributed by atoms with van der Waals surface area (Å²) in [5.41, 5.74) is 0.898. The minimum absolute atomic E-state index is 0.0941. The quantitative estimate of drug-likeness (QED) is 0.602. The highest BCUT2D eigenvalue weighted by molar-refractivity contribution is 6.21. The third kappa shape index (κ3) is 1.63. The van der Waals surface area contributed by atoms with Crippen molar-refractivity contribution in [1.29, 1.82) is 0 Å². The Morgan fingerprint density at radius 2 is 1.62 bits per heavy atom. The molecule has 0 saturated carbocycles. The molecule has 16 heavy (non-hydrogen) atoms. The second-order valence-electron chi connectivity index (χ2n) is 3.42. The summed E-state index contributed by atoms with van der Waals surface area (Å²) in [4.78, 5) is 24.8. The molecule has 0 bridgehead atoms. The first-order valence-electron chi connectivity index (χ1n) is 4.97. The number of imide groups is 1. The highest BCUT2D eigenvalue weighted by Gasteiger charge is 2.33. The lowest BCUT2D eigenvalue weighted by atomic mass is 10.1. The number of amides is 2. The summed E-state index contributed by atoms with van der Waals surface area (Å²) in [5.74, 6) is -0.550. The van der Waals surface area contributed by atoms with Gasteiger partial charge in [-0.25, -0.2) is 0 Å². The van der Waals surface area contributed by atoms with Crippen LogP contribution in [0.3, 0.4) is 0 Å². The molecule has 0 fully saturated rings. The van der Waals surface area contributed by atoms with E-state index >= 15 is 0 Å². The molecule has 0 atom stereocenters.